The molecule has 4 nitrogen and oxygen atoms in total. The van der Waals surface area contributed by atoms with Crippen molar-refractivity contribution in [3.05, 3.63) is 36.0 Å². The number of cyclic esters (lactones) is 1. The van der Waals surface area contributed by atoms with Gasteiger partial charge in [-0.3, -0.25) is 9.59 Å². The van der Waals surface area contributed by atoms with Gasteiger partial charge in [0.25, 0.3) is 0 Å². The van der Waals surface area contributed by atoms with Crippen LogP contribution in [0.2, 0.25) is 0 Å². The second kappa shape index (κ2) is 6.44. The van der Waals surface area contributed by atoms with Crippen LogP contribution in [0.1, 0.15) is 47.0 Å². The number of carbonyl (C=O) groups excluding carboxylic acids is 2. The number of carbonyl (C=O) groups is 2. The topological polar surface area (TPSA) is 63.6 Å². The molecule has 1 aliphatic carbocycles. The van der Waals surface area contributed by atoms with E-state index in [9.17, 15) is 14.7 Å². The van der Waals surface area contributed by atoms with E-state index in [0.29, 0.717) is 12.8 Å². The van der Waals surface area contributed by atoms with Crippen molar-refractivity contribution in [3.8, 4) is 0 Å². The number of aliphatic hydroxyl groups is 1. The van der Waals surface area contributed by atoms with Gasteiger partial charge in [0, 0.05) is 0 Å². The highest BCUT2D eigenvalue weighted by molar-refractivity contribution is 6.00. The maximum Gasteiger partial charge on any atom is 0.307 e. The number of ketones is 1. The Labute approximate surface area is 137 Å². The summed E-state index contributed by atoms with van der Waals surface area (Å²) in [6.45, 7) is 7.42. The molecule has 1 unspecified atom stereocenters. The summed E-state index contributed by atoms with van der Waals surface area (Å²) in [7, 11) is 0. The first-order valence-corrected chi connectivity index (χ1v) is 8.12. The zero-order chi connectivity index (χ0) is 17.3. The SMILES string of the molecule is C/C(=C\[C@H]1OC(=O)CC12C[C@H](C)C=CC2=O)C/C=C/C(C)(C)O. The van der Waals surface area contributed by atoms with Gasteiger partial charge in [-0.15, -0.1) is 0 Å². The van der Waals surface area contributed by atoms with E-state index in [4.69, 9.17) is 4.74 Å². The molecule has 0 aromatic heterocycles. The Hall–Kier alpha value is -1.68. The van der Waals surface area contributed by atoms with Crippen molar-refractivity contribution >= 4 is 11.8 Å². The first kappa shape index (κ1) is 17.7. The third-order valence-electron chi connectivity index (χ3n) is 4.42. The first-order valence-electron chi connectivity index (χ1n) is 8.12. The smallest absolute Gasteiger partial charge is 0.307 e. The minimum atomic E-state index is -0.846. The van der Waals surface area contributed by atoms with E-state index in [1.165, 1.54) is 0 Å². The molecule has 0 saturated carbocycles. The van der Waals surface area contributed by atoms with Gasteiger partial charge in [-0.05, 0) is 51.7 Å². The summed E-state index contributed by atoms with van der Waals surface area (Å²) in [6, 6.07) is 0. The Morgan fingerprint density at radius 3 is 2.83 bits per heavy atom. The summed E-state index contributed by atoms with van der Waals surface area (Å²) in [5, 5.41) is 9.68. The fraction of sp³-hybridized carbons (Fsp3) is 0.579. The van der Waals surface area contributed by atoms with E-state index >= 15 is 0 Å². The zero-order valence-corrected chi connectivity index (χ0v) is 14.3. The van der Waals surface area contributed by atoms with Crippen LogP contribution in [-0.2, 0) is 14.3 Å². The Kier molecular flexibility index (Phi) is 4.95. The van der Waals surface area contributed by atoms with Gasteiger partial charge in [0.1, 0.15) is 6.10 Å². The van der Waals surface area contributed by atoms with Crippen LogP contribution in [-0.4, -0.2) is 28.6 Å². The third kappa shape index (κ3) is 4.20. The molecule has 2 aliphatic rings. The molecular weight excluding hydrogens is 292 g/mol. The van der Waals surface area contributed by atoms with Crippen molar-refractivity contribution in [3.63, 3.8) is 0 Å². The number of ether oxygens (including phenoxy) is 1. The second-order valence-corrected chi connectivity index (χ2v) is 7.42. The van der Waals surface area contributed by atoms with E-state index < -0.39 is 17.1 Å². The van der Waals surface area contributed by atoms with Crippen molar-refractivity contribution in [2.45, 2.75) is 58.7 Å². The lowest BCUT2D eigenvalue weighted by Crippen LogP contribution is -2.40. The number of rotatable bonds is 4. The molecule has 1 saturated heterocycles. The molecule has 4 heteroatoms. The lowest BCUT2D eigenvalue weighted by atomic mass is 9.67. The molecule has 0 radical (unpaired) electrons. The summed E-state index contributed by atoms with van der Waals surface area (Å²) in [4.78, 5) is 24.3. The molecule has 1 aliphatic heterocycles. The molecule has 126 valence electrons. The Morgan fingerprint density at radius 1 is 1.48 bits per heavy atom. The Bertz CT molecular complexity index is 577. The van der Waals surface area contributed by atoms with Crippen LogP contribution in [0.15, 0.2) is 36.0 Å². The summed E-state index contributed by atoms with van der Waals surface area (Å²) in [6.07, 6.45) is 9.97. The van der Waals surface area contributed by atoms with Crippen LogP contribution < -0.4 is 0 Å². The molecule has 0 aromatic rings. The fourth-order valence-corrected chi connectivity index (χ4v) is 3.28. The maximum absolute atomic E-state index is 12.5. The van der Waals surface area contributed by atoms with Gasteiger partial charge in [-0.25, -0.2) is 0 Å². The van der Waals surface area contributed by atoms with Crippen LogP contribution in [0, 0.1) is 11.3 Å². The van der Waals surface area contributed by atoms with E-state index in [0.717, 1.165) is 5.57 Å². The van der Waals surface area contributed by atoms with Gasteiger partial charge >= 0.3 is 5.97 Å². The lowest BCUT2D eigenvalue weighted by molar-refractivity contribution is -0.140. The average Bonchev–Trinajstić information content (AvgIpc) is 2.69. The molecule has 1 fully saturated rings. The molecule has 1 heterocycles. The summed E-state index contributed by atoms with van der Waals surface area (Å²) < 4.78 is 5.45. The number of esters is 1. The molecule has 1 N–H and O–H groups in total. The monoisotopic (exact) mass is 318 g/mol. The van der Waals surface area contributed by atoms with E-state index in [1.807, 2.05) is 32.1 Å². The van der Waals surface area contributed by atoms with Crippen LogP contribution in [0.4, 0.5) is 0 Å². The predicted octanol–water partition coefficient (Wildman–Crippen LogP) is 3.12. The average molecular weight is 318 g/mol. The largest absolute Gasteiger partial charge is 0.457 e. The van der Waals surface area contributed by atoms with Crippen molar-refractivity contribution in [2.75, 3.05) is 0 Å². The zero-order valence-electron chi connectivity index (χ0n) is 14.3. The highest BCUT2D eigenvalue weighted by Gasteiger charge is 2.53. The highest BCUT2D eigenvalue weighted by Crippen LogP contribution is 2.46. The van der Waals surface area contributed by atoms with Crippen LogP contribution in [0.3, 0.4) is 0 Å². The summed E-state index contributed by atoms with van der Waals surface area (Å²) in [5.41, 5.74) is -0.576. The Morgan fingerprint density at radius 2 is 2.17 bits per heavy atom. The minimum absolute atomic E-state index is 0.0115. The molecule has 1 spiro atoms. The van der Waals surface area contributed by atoms with Crippen molar-refractivity contribution in [1.82, 2.24) is 0 Å². The highest BCUT2D eigenvalue weighted by atomic mass is 16.6. The van der Waals surface area contributed by atoms with Crippen molar-refractivity contribution in [1.29, 1.82) is 0 Å². The predicted molar refractivity (Wildman–Crippen MR) is 88.7 cm³/mol. The molecule has 23 heavy (non-hydrogen) atoms. The molecular formula is C19H26O4. The second-order valence-electron chi connectivity index (χ2n) is 7.42. The lowest BCUT2D eigenvalue weighted by Gasteiger charge is -2.33. The van der Waals surface area contributed by atoms with E-state index in [1.54, 1.807) is 26.0 Å². The van der Waals surface area contributed by atoms with Gasteiger partial charge in [-0.1, -0.05) is 30.7 Å². The van der Waals surface area contributed by atoms with Gasteiger partial charge in [0.15, 0.2) is 5.78 Å². The fourth-order valence-electron chi connectivity index (χ4n) is 3.28. The van der Waals surface area contributed by atoms with E-state index in [-0.39, 0.29) is 24.1 Å². The summed E-state index contributed by atoms with van der Waals surface area (Å²) in [5.74, 6) is -0.0574. The first-order chi connectivity index (χ1) is 10.6. The van der Waals surface area contributed by atoms with Crippen LogP contribution in [0.5, 0.6) is 0 Å². The standard InChI is InChI=1S/C19H26O4/c1-13(6-5-9-18(3,4)22)10-16-19(12-17(21)23-16)11-14(2)7-8-15(19)20/h5,7-10,14,16,22H,6,11-12H2,1-4H3/b9-5+,13-10+/t14-,16-,19?/m1/s1. The number of allylic oxidation sites excluding steroid dienone is 4. The van der Waals surface area contributed by atoms with Crippen molar-refractivity contribution < 1.29 is 19.4 Å². The number of hydrogen-bond acceptors (Lipinski definition) is 4. The van der Waals surface area contributed by atoms with E-state index in [2.05, 4.69) is 0 Å². The Balaban J connectivity index is 2.18. The number of hydrogen-bond donors (Lipinski definition) is 1. The van der Waals surface area contributed by atoms with Gasteiger partial charge in [0.05, 0.1) is 17.4 Å². The molecule has 0 amide bonds. The van der Waals surface area contributed by atoms with Crippen molar-refractivity contribution in [2.24, 2.45) is 11.3 Å². The molecule has 3 atom stereocenters. The molecule has 0 aromatic carbocycles. The van der Waals surface area contributed by atoms with Gasteiger partial charge < -0.3 is 9.84 Å². The minimum Gasteiger partial charge on any atom is -0.457 e. The summed E-state index contributed by atoms with van der Waals surface area (Å²) >= 11 is 0. The van der Waals surface area contributed by atoms with Crippen LogP contribution >= 0.6 is 0 Å². The normalized spacial score (nSPS) is 32.1. The quantitative estimate of drug-likeness (QED) is 0.639. The maximum atomic E-state index is 12.5. The van der Waals surface area contributed by atoms with Gasteiger partial charge in [0.2, 0.25) is 0 Å². The molecule has 2 rings (SSSR count). The van der Waals surface area contributed by atoms with Crippen LogP contribution in [0.25, 0.3) is 0 Å². The third-order valence-corrected chi connectivity index (χ3v) is 4.42. The molecule has 0 bridgehead atoms. The van der Waals surface area contributed by atoms with Gasteiger partial charge in [-0.2, -0.15) is 0 Å².